The van der Waals surface area contributed by atoms with E-state index in [2.05, 4.69) is 11.8 Å². The summed E-state index contributed by atoms with van der Waals surface area (Å²) in [5, 5.41) is 0. The van der Waals surface area contributed by atoms with E-state index in [1.807, 2.05) is 31.2 Å². The smallest absolute Gasteiger partial charge is 0.261 e. The highest BCUT2D eigenvalue weighted by Crippen LogP contribution is 2.22. The number of aryl methyl sites for hydroxylation is 1. The van der Waals surface area contributed by atoms with Gasteiger partial charge in [0.25, 0.3) is 11.8 Å². The first kappa shape index (κ1) is 13.1. The van der Waals surface area contributed by atoms with Crippen LogP contribution in [0.15, 0.2) is 42.5 Å². The van der Waals surface area contributed by atoms with Gasteiger partial charge in [-0.1, -0.05) is 29.5 Å². The number of amides is 2. The van der Waals surface area contributed by atoms with Crippen LogP contribution in [0.4, 0.5) is 0 Å². The van der Waals surface area contributed by atoms with Crippen LogP contribution in [0.3, 0.4) is 0 Å². The van der Waals surface area contributed by atoms with Crippen LogP contribution >= 0.6 is 0 Å². The Morgan fingerprint density at radius 1 is 0.810 bits per heavy atom. The molecule has 1 aliphatic rings. The maximum Gasteiger partial charge on any atom is 0.261 e. The Kier molecular flexibility index (Phi) is 3.08. The van der Waals surface area contributed by atoms with Crippen LogP contribution in [0.5, 0.6) is 0 Å². The molecule has 0 atom stereocenters. The molecule has 0 aliphatic carbocycles. The Morgan fingerprint density at radius 2 is 1.38 bits per heavy atom. The van der Waals surface area contributed by atoms with Gasteiger partial charge in [0.1, 0.15) is 0 Å². The summed E-state index contributed by atoms with van der Waals surface area (Å²) in [4.78, 5) is 24.9. The third-order valence-corrected chi connectivity index (χ3v) is 3.49. The molecule has 102 valence electrons. The summed E-state index contributed by atoms with van der Waals surface area (Å²) >= 11 is 0. The van der Waals surface area contributed by atoms with Crippen LogP contribution < -0.4 is 0 Å². The number of rotatable bonds is 0. The molecule has 0 unspecified atom stereocenters. The Labute approximate surface area is 123 Å². The molecule has 3 nitrogen and oxygen atoms in total. The second-order valence-corrected chi connectivity index (χ2v) is 5.05. The van der Waals surface area contributed by atoms with Crippen LogP contribution in [-0.2, 0) is 0 Å². The lowest BCUT2D eigenvalue weighted by Crippen LogP contribution is -2.24. The lowest BCUT2D eigenvalue weighted by Gasteiger charge is -2.02. The average molecular weight is 275 g/mol. The highest BCUT2D eigenvalue weighted by Gasteiger charge is 2.32. The molecular weight excluding hydrogens is 262 g/mol. The molecule has 0 fully saturated rings. The van der Waals surface area contributed by atoms with Crippen LogP contribution in [0.2, 0.25) is 0 Å². The Hall–Kier alpha value is -2.86. The van der Waals surface area contributed by atoms with Gasteiger partial charge in [-0.25, -0.2) is 0 Å². The molecule has 2 amide bonds. The van der Waals surface area contributed by atoms with Gasteiger partial charge in [-0.05, 0) is 37.3 Å². The van der Waals surface area contributed by atoms with Gasteiger partial charge in [0, 0.05) is 18.2 Å². The van der Waals surface area contributed by atoms with Gasteiger partial charge in [0.05, 0.1) is 11.1 Å². The zero-order chi connectivity index (χ0) is 15.0. The molecule has 3 heteroatoms. The summed E-state index contributed by atoms with van der Waals surface area (Å²) < 4.78 is 0. The predicted molar refractivity (Wildman–Crippen MR) is 80.0 cm³/mol. The first-order valence-electron chi connectivity index (χ1n) is 6.61. The molecule has 0 saturated heterocycles. The molecule has 2 aromatic rings. The summed E-state index contributed by atoms with van der Waals surface area (Å²) in [5.74, 6) is 5.56. The second kappa shape index (κ2) is 4.92. The fraction of sp³-hybridized carbons (Fsp3) is 0.111. The van der Waals surface area contributed by atoms with Crippen molar-refractivity contribution in [1.82, 2.24) is 4.90 Å². The first-order chi connectivity index (χ1) is 10.1. The number of carbonyl (C=O) groups excluding carboxylic acids is 2. The van der Waals surface area contributed by atoms with Crippen molar-refractivity contribution in [2.24, 2.45) is 0 Å². The molecular formula is C18H13NO2. The van der Waals surface area contributed by atoms with E-state index in [9.17, 15) is 9.59 Å². The van der Waals surface area contributed by atoms with E-state index in [4.69, 9.17) is 0 Å². The Balaban J connectivity index is 1.95. The Bertz CT molecular complexity index is 807. The van der Waals surface area contributed by atoms with Crippen molar-refractivity contribution in [3.63, 3.8) is 0 Å². The summed E-state index contributed by atoms with van der Waals surface area (Å²) in [6, 6.07) is 13.0. The number of hydrogen-bond donors (Lipinski definition) is 0. The van der Waals surface area contributed by atoms with Crippen molar-refractivity contribution < 1.29 is 9.59 Å². The number of hydrogen-bond acceptors (Lipinski definition) is 2. The highest BCUT2D eigenvalue weighted by atomic mass is 16.2. The summed E-state index contributed by atoms with van der Waals surface area (Å²) in [5.41, 5.74) is 3.71. The van der Waals surface area contributed by atoms with E-state index in [-0.39, 0.29) is 11.8 Å². The highest BCUT2D eigenvalue weighted by molar-refractivity contribution is 6.21. The van der Waals surface area contributed by atoms with Gasteiger partial charge in [-0.15, -0.1) is 0 Å². The number of fused-ring (bicyclic) bond motifs is 1. The van der Waals surface area contributed by atoms with E-state index in [0.717, 1.165) is 16.0 Å². The lowest BCUT2D eigenvalue weighted by molar-refractivity contribution is 0.0693. The lowest BCUT2D eigenvalue weighted by atomic mass is 10.1. The minimum atomic E-state index is -0.269. The van der Waals surface area contributed by atoms with Gasteiger partial charge in [0.15, 0.2) is 0 Å². The first-order valence-corrected chi connectivity index (χ1v) is 6.61. The topological polar surface area (TPSA) is 37.4 Å². The fourth-order valence-corrected chi connectivity index (χ4v) is 2.22. The van der Waals surface area contributed by atoms with E-state index in [1.54, 1.807) is 18.2 Å². The molecule has 0 spiro atoms. The van der Waals surface area contributed by atoms with Crippen molar-refractivity contribution in [2.45, 2.75) is 6.92 Å². The quantitative estimate of drug-likeness (QED) is 0.547. The van der Waals surface area contributed by atoms with Crippen LogP contribution in [0.1, 0.15) is 37.4 Å². The van der Waals surface area contributed by atoms with Gasteiger partial charge < -0.3 is 0 Å². The molecule has 1 heterocycles. The van der Waals surface area contributed by atoms with E-state index < -0.39 is 0 Å². The van der Waals surface area contributed by atoms with Crippen LogP contribution in [0, 0.1) is 18.8 Å². The zero-order valence-electron chi connectivity index (χ0n) is 11.8. The van der Waals surface area contributed by atoms with Gasteiger partial charge in [-0.3, -0.25) is 14.5 Å². The summed E-state index contributed by atoms with van der Waals surface area (Å²) in [6.07, 6.45) is 0. The van der Waals surface area contributed by atoms with Gasteiger partial charge in [0.2, 0.25) is 0 Å². The third-order valence-electron chi connectivity index (χ3n) is 3.49. The monoisotopic (exact) mass is 275 g/mol. The number of imide groups is 1. The molecule has 0 saturated carbocycles. The number of carbonyl (C=O) groups is 2. The fourth-order valence-electron chi connectivity index (χ4n) is 2.22. The molecule has 2 aromatic carbocycles. The SMILES string of the molecule is Cc1ccc(C#Cc2ccc3c(c2)C(=O)N(C)C3=O)cc1. The predicted octanol–water partition coefficient (Wildman–Crippen LogP) is 2.62. The maximum absolute atomic E-state index is 11.9. The van der Waals surface area contributed by atoms with E-state index in [0.29, 0.717) is 11.1 Å². The van der Waals surface area contributed by atoms with E-state index >= 15 is 0 Å². The normalized spacial score (nSPS) is 13.0. The average Bonchev–Trinajstić information content (AvgIpc) is 2.71. The van der Waals surface area contributed by atoms with Crippen molar-refractivity contribution in [2.75, 3.05) is 7.05 Å². The number of nitrogens with zero attached hydrogens (tertiary/aromatic N) is 1. The summed E-state index contributed by atoms with van der Waals surface area (Å²) in [7, 11) is 1.49. The Morgan fingerprint density at radius 3 is 2.10 bits per heavy atom. The molecule has 0 N–H and O–H groups in total. The van der Waals surface area contributed by atoms with Crippen molar-refractivity contribution in [1.29, 1.82) is 0 Å². The minimum Gasteiger partial charge on any atom is -0.277 e. The molecule has 0 radical (unpaired) electrons. The standard InChI is InChI=1S/C18H13NO2/c1-12-3-5-13(6-4-12)7-8-14-9-10-15-16(11-14)18(21)19(2)17(15)20/h3-6,9-11H,1-2H3. The molecule has 1 aliphatic heterocycles. The molecule has 0 aromatic heterocycles. The number of benzene rings is 2. The maximum atomic E-state index is 11.9. The minimum absolute atomic E-state index is 0.256. The largest absolute Gasteiger partial charge is 0.277 e. The molecule has 21 heavy (non-hydrogen) atoms. The van der Waals surface area contributed by atoms with Gasteiger partial charge in [-0.2, -0.15) is 0 Å². The second-order valence-electron chi connectivity index (χ2n) is 5.05. The molecule has 0 bridgehead atoms. The van der Waals surface area contributed by atoms with Crippen molar-refractivity contribution in [3.8, 4) is 11.8 Å². The van der Waals surface area contributed by atoms with Gasteiger partial charge >= 0.3 is 0 Å². The molecule has 3 rings (SSSR count). The van der Waals surface area contributed by atoms with Crippen LogP contribution in [0.25, 0.3) is 0 Å². The third kappa shape index (κ3) is 2.32. The van der Waals surface area contributed by atoms with Crippen molar-refractivity contribution in [3.05, 3.63) is 70.3 Å². The van der Waals surface area contributed by atoms with Crippen LogP contribution in [-0.4, -0.2) is 23.8 Å². The summed E-state index contributed by atoms with van der Waals surface area (Å²) in [6.45, 7) is 2.02. The zero-order valence-corrected chi connectivity index (χ0v) is 11.8. The van der Waals surface area contributed by atoms with Crippen molar-refractivity contribution >= 4 is 11.8 Å². The van der Waals surface area contributed by atoms with E-state index in [1.165, 1.54) is 12.6 Å².